The highest BCUT2D eigenvalue weighted by atomic mass is 19.3. The zero-order valence-electron chi connectivity index (χ0n) is 14.9. The lowest BCUT2D eigenvalue weighted by Crippen LogP contribution is -2.37. The number of hydrogen-bond donors (Lipinski definition) is 1. The summed E-state index contributed by atoms with van der Waals surface area (Å²) < 4.78 is 29.1. The Morgan fingerprint density at radius 2 is 2.00 bits per heavy atom. The molecule has 1 atom stereocenters. The number of hydrogen-bond acceptors (Lipinski definition) is 5. The molecule has 138 valence electrons. The second-order valence-corrected chi connectivity index (χ2v) is 6.36. The highest BCUT2D eigenvalue weighted by molar-refractivity contribution is 5.83. The maximum atomic E-state index is 13.8. The number of nitrogens with zero attached hydrogens (tertiary/aromatic N) is 5. The Labute approximate surface area is 154 Å². The van der Waals surface area contributed by atoms with E-state index in [0.717, 1.165) is 27.8 Å². The average Bonchev–Trinajstić information content (AvgIpc) is 3.10. The number of halogens is 2. The number of alkyl halides is 2. The maximum Gasteiger partial charge on any atom is 0.267 e. The van der Waals surface area contributed by atoms with Gasteiger partial charge < -0.3 is 5.32 Å². The first-order valence-electron chi connectivity index (χ1n) is 8.69. The summed E-state index contributed by atoms with van der Waals surface area (Å²) in [7, 11) is 0. The van der Waals surface area contributed by atoms with Crippen LogP contribution in [0.5, 0.6) is 0 Å². The summed E-state index contributed by atoms with van der Waals surface area (Å²) in [5, 5.41) is 6.97. The van der Waals surface area contributed by atoms with E-state index < -0.39 is 12.0 Å². The molecular weight excluding hydrogens is 350 g/mol. The summed E-state index contributed by atoms with van der Waals surface area (Å²) in [5.41, 5.74) is 3.99. The highest BCUT2D eigenvalue weighted by Crippen LogP contribution is 2.27. The van der Waals surface area contributed by atoms with Gasteiger partial charge in [-0.25, -0.2) is 23.3 Å². The zero-order valence-corrected chi connectivity index (χ0v) is 14.9. The molecule has 4 rings (SSSR count). The molecule has 6 nitrogen and oxygen atoms in total. The molecule has 0 saturated heterocycles. The van der Waals surface area contributed by atoms with Gasteiger partial charge >= 0.3 is 0 Å². The van der Waals surface area contributed by atoms with Crippen LogP contribution in [0, 0.1) is 0 Å². The van der Waals surface area contributed by atoms with E-state index in [0.29, 0.717) is 0 Å². The molecular formula is C19H18F2N6. The van der Waals surface area contributed by atoms with Crippen molar-refractivity contribution in [3.63, 3.8) is 0 Å². The van der Waals surface area contributed by atoms with Gasteiger partial charge in [-0.05, 0) is 37.3 Å². The van der Waals surface area contributed by atoms with Gasteiger partial charge in [-0.15, -0.1) is 5.10 Å². The van der Waals surface area contributed by atoms with Crippen LogP contribution >= 0.6 is 0 Å². The molecule has 0 fully saturated rings. The molecule has 0 saturated carbocycles. The zero-order chi connectivity index (χ0) is 19.0. The normalized spacial score (nSPS) is 13.2. The summed E-state index contributed by atoms with van der Waals surface area (Å²) in [6.07, 6.45) is 4.84. The molecule has 0 bridgehead atoms. The van der Waals surface area contributed by atoms with E-state index in [9.17, 15) is 8.78 Å². The van der Waals surface area contributed by atoms with E-state index in [1.165, 1.54) is 13.8 Å². The molecule has 0 amide bonds. The first-order chi connectivity index (χ1) is 13.0. The molecule has 8 heteroatoms. The lowest BCUT2D eigenvalue weighted by molar-refractivity contribution is -0.0172. The fourth-order valence-electron chi connectivity index (χ4n) is 2.90. The molecule has 0 radical (unpaired) electrons. The first kappa shape index (κ1) is 17.3. The maximum absolute atomic E-state index is 13.8. The minimum Gasteiger partial charge on any atom is -0.344 e. The van der Waals surface area contributed by atoms with Crippen molar-refractivity contribution in [3.8, 4) is 11.3 Å². The Morgan fingerprint density at radius 3 is 2.81 bits per heavy atom. The summed E-state index contributed by atoms with van der Waals surface area (Å²) in [5.74, 6) is -2.68. The van der Waals surface area contributed by atoms with Crippen LogP contribution in [0.15, 0.2) is 48.9 Å². The molecule has 0 unspecified atom stereocenters. The van der Waals surface area contributed by atoms with Gasteiger partial charge in [0.25, 0.3) is 5.92 Å². The molecule has 27 heavy (non-hydrogen) atoms. The summed E-state index contributed by atoms with van der Waals surface area (Å²) >= 11 is 0. The van der Waals surface area contributed by atoms with Crippen LogP contribution in [0.2, 0.25) is 0 Å². The lowest BCUT2D eigenvalue weighted by Gasteiger charge is -2.23. The Morgan fingerprint density at radius 1 is 1.15 bits per heavy atom. The van der Waals surface area contributed by atoms with Crippen molar-refractivity contribution >= 4 is 22.5 Å². The largest absolute Gasteiger partial charge is 0.344 e. The molecule has 4 aromatic rings. The second kappa shape index (κ2) is 6.53. The molecule has 1 N–H and O–H groups in total. The Balaban J connectivity index is 1.68. The molecule has 0 aromatic carbocycles. The van der Waals surface area contributed by atoms with Gasteiger partial charge in [-0.1, -0.05) is 6.92 Å². The topological polar surface area (TPSA) is 68.0 Å². The predicted octanol–water partition coefficient (Wildman–Crippen LogP) is 4.19. The van der Waals surface area contributed by atoms with E-state index in [-0.39, 0.29) is 12.4 Å². The van der Waals surface area contributed by atoms with Crippen molar-refractivity contribution in [2.24, 2.45) is 0 Å². The Bertz CT molecular complexity index is 1110. The molecule has 0 spiro atoms. The Hall–Kier alpha value is -3.16. The fraction of sp³-hybridized carbons (Fsp3) is 0.263. The van der Waals surface area contributed by atoms with E-state index in [1.54, 1.807) is 23.1 Å². The summed E-state index contributed by atoms with van der Waals surface area (Å²) in [4.78, 5) is 13.1. The average molecular weight is 368 g/mol. The second-order valence-electron chi connectivity index (χ2n) is 6.36. The summed E-state index contributed by atoms with van der Waals surface area (Å²) in [6, 6.07) is 8.35. The number of fused-ring (bicyclic) bond motifs is 2. The van der Waals surface area contributed by atoms with Crippen LogP contribution in [0.1, 0.15) is 20.3 Å². The predicted molar refractivity (Wildman–Crippen MR) is 99.8 cm³/mol. The van der Waals surface area contributed by atoms with Gasteiger partial charge in [0.2, 0.25) is 5.95 Å². The van der Waals surface area contributed by atoms with Gasteiger partial charge in [-0.3, -0.25) is 4.98 Å². The molecule has 4 aromatic heterocycles. The van der Waals surface area contributed by atoms with Crippen molar-refractivity contribution in [2.45, 2.75) is 32.2 Å². The quantitative estimate of drug-likeness (QED) is 0.572. The highest BCUT2D eigenvalue weighted by Gasteiger charge is 2.34. The van der Waals surface area contributed by atoms with Gasteiger partial charge in [0, 0.05) is 24.4 Å². The third kappa shape index (κ3) is 3.18. The van der Waals surface area contributed by atoms with Crippen LogP contribution in [-0.4, -0.2) is 36.5 Å². The van der Waals surface area contributed by atoms with Crippen LogP contribution in [0.4, 0.5) is 14.7 Å². The van der Waals surface area contributed by atoms with Gasteiger partial charge in [-0.2, -0.15) is 0 Å². The number of nitrogens with one attached hydrogen (secondary N) is 1. The molecule has 0 aliphatic carbocycles. The van der Waals surface area contributed by atoms with E-state index in [1.807, 2.05) is 30.3 Å². The van der Waals surface area contributed by atoms with E-state index >= 15 is 0 Å². The van der Waals surface area contributed by atoms with Crippen molar-refractivity contribution in [1.82, 2.24) is 24.6 Å². The van der Waals surface area contributed by atoms with Gasteiger partial charge in [0.1, 0.15) is 0 Å². The fourth-order valence-corrected chi connectivity index (χ4v) is 2.90. The van der Waals surface area contributed by atoms with E-state index in [2.05, 4.69) is 25.4 Å². The smallest absolute Gasteiger partial charge is 0.267 e. The van der Waals surface area contributed by atoms with Crippen molar-refractivity contribution in [3.05, 3.63) is 48.9 Å². The van der Waals surface area contributed by atoms with Crippen molar-refractivity contribution in [1.29, 1.82) is 0 Å². The van der Waals surface area contributed by atoms with Crippen LogP contribution in [0.25, 0.3) is 27.8 Å². The molecule has 0 aliphatic rings. The molecule has 0 aliphatic heterocycles. The number of aromatic nitrogens is 5. The number of pyridine rings is 2. The SMILES string of the molecule is CCC(F)(F)[C@@H](C)Nc1ncc2c(-c3ccc4ncccc4n3)ccn2n1. The van der Waals surface area contributed by atoms with Gasteiger partial charge in [0.05, 0.1) is 34.5 Å². The summed E-state index contributed by atoms with van der Waals surface area (Å²) in [6.45, 7) is 2.87. The monoisotopic (exact) mass is 368 g/mol. The van der Waals surface area contributed by atoms with Crippen LogP contribution in [-0.2, 0) is 0 Å². The molecule has 4 heterocycles. The number of anilines is 1. The van der Waals surface area contributed by atoms with Crippen LogP contribution < -0.4 is 5.32 Å². The third-order valence-electron chi connectivity index (χ3n) is 4.60. The van der Waals surface area contributed by atoms with Gasteiger partial charge in [0.15, 0.2) is 0 Å². The standard InChI is InChI=1S/C19H18F2N6/c1-3-19(20,21)12(2)24-18-23-11-17-13(8-10-27(17)26-18)14-6-7-15-16(25-14)5-4-9-22-15/h4-12H,3H2,1-2H3,(H,24,26)/t12-/m1/s1. The van der Waals surface area contributed by atoms with Crippen LogP contribution in [0.3, 0.4) is 0 Å². The third-order valence-corrected chi connectivity index (χ3v) is 4.60. The lowest BCUT2D eigenvalue weighted by atomic mass is 10.1. The minimum atomic E-state index is -2.83. The van der Waals surface area contributed by atoms with Crippen molar-refractivity contribution < 1.29 is 8.78 Å². The number of rotatable bonds is 5. The van der Waals surface area contributed by atoms with E-state index in [4.69, 9.17) is 0 Å². The first-order valence-corrected chi connectivity index (χ1v) is 8.69. The Kier molecular flexibility index (Phi) is 4.18. The van der Waals surface area contributed by atoms with Crippen molar-refractivity contribution in [2.75, 3.05) is 5.32 Å². The minimum absolute atomic E-state index is 0.154.